The van der Waals surface area contributed by atoms with Crippen molar-refractivity contribution < 1.29 is 0 Å². The van der Waals surface area contributed by atoms with Gasteiger partial charge in [0.1, 0.15) is 11.2 Å². The van der Waals surface area contributed by atoms with Crippen molar-refractivity contribution in [2.24, 2.45) is 0 Å². The number of fused-ring (bicyclic) bond motifs is 2. The Morgan fingerprint density at radius 3 is 2.23 bits per heavy atom. The molecule has 0 aliphatic rings. The smallest absolute Gasteiger partial charge is 0.182 e. The summed E-state index contributed by atoms with van der Waals surface area (Å²) in [4.78, 5) is 9.65. The molecule has 0 aliphatic heterocycles. The molecule has 5 aromatic rings. The van der Waals surface area contributed by atoms with E-state index in [1.54, 1.807) is 0 Å². The van der Waals surface area contributed by atoms with Crippen LogP contribution < -0.4 is 0 Å². The molecule has 0 spiro atoms. The van der Waals surface area contributed by atoms with Gasteiger partial charge in [0.25, 0.3) is 0 Å². The molecule has 5 rings (SSSR count). The minimum Gasteiger partial charge on any atom is -0.240 e. The number of aromatic nitrogens is 4. The molecular weight excluding hydrogens is 344 g/mol. The molecule has 3 aromatic carbocycles. The molecule has 0 saturated heterocycles. The SMILES string of the molecule is Clc1ccc2nc3c(nc2c1)c(-c1ccccc1)nn3-c1ccccc1. The summed E-state index contributed by atoms with van der Waals surface area (Å²) < 4.78 is 1.85. The van der Waals surface area contributed by atoms with Crippen LogP contribution in [0.4, 0.5) is 0 Å². The van der Waals surface area contributed by atoms with E-state index in [2.05, 4.69) is 0 Å². The summed E-state index contributed by atoms with van der Waals surface area (Å²) in [7, 11) is 0. The molecule has 0 N–H and O–H groups in total. The van der Waals surface area contributed by atoms with Crippen LogP contribution in [0.2, 0.25) is 5.02 Å². The third kappa shape index (κ3) is 2.43. The van der Waals surface area contributed by atoms with Gasteiger partial charge in [0.2, 0.25) is 0 Å². The molecule has 2 heterocycles. The van der Waals surface area contributed by atoms with Gasteiger partial charge in [-0.3, -0.25) is 0 Å². The Morgan fingerprint density at radius 2 is 1.46 bits per heavy atom. The van der Waals surface area contributed by atoms with Gasteiger partial charge in [0, 0.05) is 10.6 Å². The average molecular weight is 357 g/mol. The lowest BCUT2D eigenvalue weighted by molar-refractivity contribution is 0.903. The van der Waals surface area contributed by atoms with Crippen LogP contribution in [0.25, 0.3) is 39.1 Å². The van der Waals surface area contributed by atoms with Gasteiger partial charge < -0.3 is 0 Å². The molecule has 0 atom stereocenters. The highest BCUT2D eigenvalue weighted by atomic mass is 35.5. The van der Waals surface area contributed by atoms with Gasteiger partial charge in [0.15, 0.2) is 5.65 Å². The Morgan fingerprint density at radius 1 is 0.731 bits per heavy atom. The fourth-order valence-electron chi connectivity index (χ4n) is 3.06. The van der Waals surface area contributed by atoms with Crippen LogP contribution in [-0.2, 0) is 0 Å². The zero-order valence-corrected chi connectivity index (χ0v) is 14.4. The van der Waals surface area contributed by atoms with Crippen LogP contribution >= 0.6 is 11.6 Å². The van der Waals surface area contributed by atoms with Crippen molar-refractivity contribution in [3.05, 3.63) is 83.9 Å². The van der Waals surface area contributed by atoms with E-state index in [4.69, 9.17) is 26.7 Å². The zero-order valence-electron chi connectivity index (χ0n) is 13.7. The Labute approximate surface area is 154 Å². The van der Waals surface area contributed by atoms with Crippen molar-refractivity contribution in [1.82, 2.24) is 19.7 Å². The minimum absolute atomic E-state index is 0.642. The van der Waals surface area contributed by atoms with Crippen LogP contribution in [-0.4, -0.2) is 19.7 Å². The fraction of sp³-hybridized carbons (Fsp3) is 0. The third-order valence-electron chi connectivity index (χ3n) is 4.28. The highest BCUT2D eigenvalue weighted by molar-refractivity contribution is 6.31. The zero-order chi connectivity index (χ0) is 17.5. The molecule has 0 unspecified atom stereocenters. The number of hydrogen-bond acceptors (Lipinski definition) is 3. The second-order valence-electron chi connectivity index (χ2n) is 5.99. The summed E-state index contributed by atoms with van der Waals surface area (Å²) in [5, 5.41) is 5.48. The molecule has 0 aliphatic carbocycles. The summed E-state index contributed by atoms with van der Waals surface area (Å²) in [5.74, 6) is 0. The Kier molecular flexibility index (Phi) is 3.43. The molecule has 0 amide bonds. The summed E-state index contributed by atoms with van der Waals surface area (Å²) in [5.41, 5.74) is 5.79. The van der Waals surface area contributed by atoms with Crippen molar-refractivity contribution in [2.75, 3.05) is 0 Å². The van der Waals surface area contributed by atoms with Crippen molar-refractivity contribution in [3.63, 3.8) is 0 Å². The van der Waals surface area contributed by atoms with Gasteiger partial charge in [-0.05, 0) is 30.3 Å². The lowest BCUT2D eigenvalue weighted by Crippen LogP contribution is -1.98. The van der Waals surface area contributed by atoms with Crippen molar-refractivity contribution >= 4 is 33.8 Å². The monoisotopic (exact) mass is 356 g/mol. The van der Waals surface area contributed by atoms with E-state index < -0.39 is 0 Å². The number of para-hydroxylation sites is 1. The van der Waals surface area contributed by atoms with Gasteiger partial charge in [0.05, 0.1) is 16.7 Å². The van der Waals surface area contributed by atoms with Gasteiger partial charge >= 0.3 is 0 Å². The highest BCUT2D eigenvalue weighted by Gasteiger charge is 2.17. The first-order valence-electron chi connectivity index (χ1n) is 8.26. The second kappa shape index (κ2) is 5.93. The molecule has 4 nitrogen and oxygen atoms in total. The third-order valence-corrected chi connectivity index (χ3v) is 4.52. The second-order valence-corrected chi connectivity index (χ2v) is 6.43. The van der Waals surface area contributed by atoms with E-state index in [1.807, 2.05) is 83.5 Å². The predicted octanol–water partition coefficient (Wildman–Crippen LogP) is 5.29. The molecule has 2 aromatic heterocycles. The molecule has 0 saturated carbocycles. The summed E-state index contributed by atoms with van der Waals surface area (Å²) in [6.07, 6.45) is 0. The maximum Gasteiger partial charge on any atom is 0.182 e. The number of rotatable bonds is 2. The topological polar surface area (TPSA) is 43.6 Å². The van der Waals surface area contributed by atoms with Gasteiger partial charge in [-0.25, -0.2) is 14.6 Å². The van der Waals surface area contributed by atoms with E-state index in [1.165, 1.54) is 0 Å². The maximum atomic E-state index is 6.14. The average Bonchev–Trinajstić information content (AvgIpc) is 3.06. The van der Waals surface area contributed by atoms with Crippen molar-refractivity contribution in [2.45, 2.75) is 0 Å². The Hall–Kier alpha value is -3.24. The number of benzene rings is 3. The van der Waals surface area contributed by atoms with Gasteiger partial charge in [-0.1, -0.05) is 60.1 Å². The van der Waals surface area contributed by atoms with E-state index in [0.717, 1.165) is 39.1 Å². The largest absolute Gasteiger partial charge is 0.240 e. The highest BCUT2D eigenvalue weighted by Crippen LogP contribution is 2.29. The lowest BCUT2D eigenvalue weighted by Gasteiger charge is -2.03. The van der Waals surface area contributed by atoms with Crippen LogP contribution in [0.3, 0.4) is 0 Å². The number of hydrogen-bond donors (Lipinski definition) is 0. The van der Waals surface area contributed by atoms with Crippen LogP contribution in [0.5, 0.6) is 0 Å². The van der Waals surface area contributed by atoms with Crippen molar-refractivity contribution in [1.29, 1.82) is 0 Å². The first-order chi connectivity index (χ1) is 12.8. The van der Waals surface area contributed by atoms with Gasteiger partial charge in [-0.2, -0.15) is 5.10 Å². The first kappa shape index (κ1) is 15.0. The molecule has 0 fully saturated rings. The molecule has 0 radical (unpaired) electrons. The van der Waals surface area contributed by atoms with Crippen LogP contribution in [0.1, 0.15) is 0 Å². The fourth-order valence-corrected chi connectivity index (χ4v) is 3.23. The normalized spacial score (nSPS) is 11.3. The van der Waals surface area contributed by atoms with E-state index in [0.29, 0.717) is 5.02 Å². The predicted molar refractivity (Wildman–Crippen MR) is 105 cm³/mol. The maximum absolute atomic E-state index is 6.14. The Balaban J connectivity index is 1.89. The summed E-state index contributed by atoms with van der Waals surface area (Å²) in [6.45, 7) is 0. The van der Waals surface area contributed by atoms with Crippen molar-refractivity contribution in [3.8, 4) is 16.9 Å². The van der Waals surface area contributed by atoms with E-state index >= 15 is 0 Å². The Bertz CT molecular complexity index is 1230. The molecular formula is C21H13ClN4. The van der Waals surface area contributed by atoms with Crippen LogP contribution in [0.15, 0.2) is 78.9 Å². The summed E-state index contributed by atoms with van der Waals surface area (Å²) >= 11 is 6.14. The van der Waals surface area contributed by atoms with E-state index in [-0.39, 0.29) is 0 Å². The van der Waals surface area contributed by atoms with Gasteiger partial charge in [-0.15, -0.1) is 0 Å². The molecule has 26 heavy (non-hydrogen) atoms. The number of halogens is 1. The minimum atomic E-state index is 0.642. The summed E-state index contributed by atoms with van der Waals surface area (Å²) in [6, 6.07) is 25.5. The molecule has 124 valence electrons. The lowest BCUT2D eigenvalue weighted by atomic mass is 10.1. The quantitative estimate of drug-likeness (QED) is 0.431. The molecule has 5 heteroatoms. The standard InChI is InChI=1S/C21H13ClN4/c22-15-11-12-17-18(13-15)23-20-19(14-7-3-1-4-8-14)25-26(21(20)24-17)16-9-5-2-6-10-16/h1-13H. The number of nitrogens with zero attached hydrogens (tertiary/aromatic N) is 4. The van der Waals surface area contributed by atoms with Crippen LogP contribution in [0, 0.1) is 0 Å². The molecule has 0 bridgehead atoms. The first-order valence-corrected chi connectivity index (χ1v) is 8.64. The van der Waals surface area contributed by atoms with E-state index in [9.17, 15) is 0 Å².